The third kappa shape index (κ3) is 20.9. The summed E-state index contributed by atoms with van der Waals surface area (Å²) in [7, 11) is 1.53. The molecule has 0 aromatic heterocycles. The molecule has 0 spiro atoms. The Labute approximate surface area is 155 Å². The second-order valence-corrected chi connectivity index (χ2v) is 6.41. The molecule has 5 heteroatoms. The van der Waals surface area contributed by atoms with Gasteiger partial charge in [-0.05, 0) is 12.8 Å². The number of hydrogen-bond acceptors (Lipinski definition) is 3. The molecule has 5 nitrogen and oxygen atoms in total. The van der Waals surface area contributed by atoms with Gasteiger partial charge in [-0.3, -0.25) is 9.59 Å². The molecule has 2 amide bonds. The zero-order valence-corrected chi connectivity index (χ0v) is 17.3. The lowest BCUT2D eigenvalue weighted by Gasteiger charge is -2.07. The second-order valence-electron chi connectivity index (χ2n) is 6.41. The van der Waals surface area contributed by atoms with E-state index in [4.69, 9.17) is 4.74 Å². The van der Waals surface area contributed by atoms with E-state index in [1.165, 1.54) is 52.1 Å². The monoisotopic (exact) mass is 358 g/mol. The number of rotatable bonds is 15. The molecular formula is C20H42N2O3. The summed E-state index contributed by atoms with van der Waals surface area (Å²) in [5.74, 6) is 0.212. The lowest BCUT2D eigenvalue weighted by Crippen LogP contribution is -2.28. The summed E-state index contributed by atoms with van der Waals surface area (Å²) < 4.78 is 4.75. The van der Waals surface area contributed by atoms with Gasteiger partial charge in [0.25, 0.3) is 0 Å². The highest BCUT2D eigenvalue weighted by Gasteiger charge is 2.04. The van der Waals surface area contributed by atoms with Crippen LogP contribution in [-0.4, -0.2) is 38.6 Å². The molecule has 0 bridgehead atoms. The standard InChI is InChI=1S/C18H36N2O3.C2H6/c1-16(2)18(22)20-14-12-10-8-6-4-5-7-9-11-13-19-17(21)15-23-3;1-2/h16H,4-15H2,1-3H3,(H,19,21)(H,20,22);1-2H3. The smallest absolute Gasteiger partial charge is 0.245 e. The molecule has 150 valence electrons. The molecule has 0 heterocycles. The minimum absolute atomic E-state index is 0.0305. The Morgan fingerprint density at radius 1 is 0.760 bits per heavy atom. The molecule has 0 fully saturated rings. The molecule has 0 aliphatic heterocycles. The molecule has 0 rings (SSSR count). The summed E-state index contributed by atoms with van der Waals surface area (Å²) in [4.78, 5) is 22.5. The van der Waals surface area contributed by atoms with E-state index < -0.39 is 0 Å². The van der Waals surface area contributed by atoms with Crippen molar-refractivity contribution in [2.75, 3.05) is 26.8 Å². The highest BCUT2D eigenvalue weighted by atomic mass is 16.5. The zero-order valence-electron chi connectivity index (χ0n) is 17.3. The van der Waals surface area contributed by atoms with Crippen LogP contribution in [0.25, 0.3) is 0 Å². The van der Waals surface area contributed by atoms with E-state index in [1.807, 2.05) is 27.7 Å². The predicted octanol–water partition coefficient (Wildman–Crippen LogP) is 4.06. The van der Waals surface area contributed by atoms with Crippen molar-refractivity contribution in [2.24, 2.45) is 5.92 Å². The van der Waals surface area contributed by atoms with Gasteiger partial charge < -0.3 is 15.4 Å². The van der Waals surface area contributed by atoms with Crippen molar-refractivity contribution in [3.05, 3.63) is 0 Å². The first kappa shape index (κ1) is 26.1. The van der Waals surface area contributed by atoms with Gasteiger partial charge in [0.1, 0.15) is 6.61 Å². The van der Waals surface area contributed by atoms with Crippen LogP contribution in [0.2, 0.25) is 0 Å². The molecule has 0 saturated carbocycles. The van der Waals surface area contributed by atoms with Crippen LogP contribution < -0.4 is 10.6 Å². The topological polar surface area (TPSA) is 67.4 Å². The molecule has 0 radical (unpaired) electrons. The van der Waals surface area contributed by atoms with Crippen LogP contribution in [0.5, 0.6) is 0 Å². The quantitative estimate of drug-likeness (QED) is 0.434. The van der Waals surface area contributed by atoms with Gasteiger partial charge in [0.15, 0.2) is 0 Å². The third-order valence-corrected chi connectivity index (χ3v) is 3.77. The lowest BCUT2D eigenvalue weighted by atomic mass is 10.1. The van der Waals surface area contributed by atoms with E-state index in [0.29, 0.717) is 0 Å². The molecule has 0 atom stereocenters. The fourth-order valence-electron chi connectivity index (χ4n) is 2.31. The van der Waals surface area contributed by atoms with E-state index in [9.17, 15) is 9.59 Å². The SMILES string of the molecule is CC.COCC(=O)NCCCCCCCCCCCNC(=O)C(C)C. The van der Waals surface area contributed by atoms with Gasteiger partial charge in [-0.25, -0.2) is 0 Å². The van der Waals surface area contributed by atoms with Gasteiger partial charge in [0.05, 0.1) is 0 Å². The molecule has 0 aliphatic carbocycles. The molecule has 2 N–H and O–H groups in total. The Bertz CT molecular complexity index is 307. The normalized spacial score (nSPS) is 10.2. The first-order valence-corrected chi connectivity index (χ1v) is 10.1. The fraction of sp³-hybridized carbons (Fsp3) is 0.900. The van der Waals surface area contributed by atoms with E-state index in [-0.39, 0.29) is 24.3 Å². The van der Waals surface area contributed by atoms with Gasteiger partial charge >= 0.3 is 0 Å². The number of methoxy groups -OCH3 is 1. The van der Waals surface area contributed by atoms with Crippen molar-refractivity contribution >= 4 is 11.8 Å². The molecule has 0 aromatic carbocycles. The average Bonchev–Trinajstić information content (AvgIpc) is 2.60. The van der Waals surface area contributed by atoms with E-state index >= 15 is 0 Å². The predicted molar refractivity (Wildman–Crippen MR) is 106 cm³/mol. The van der Waals surface area contributed by atoms with Crippen LogP contribution in [0.3, 0.4) is 0 Å². The minimum Gasteiger partial charge on any atom is -0.375 e. The number of unbranched alkanes of at least 4 members (excludes halogenated alkanes) is 8. The van der Waals surface area contributed by atoms with Gasteiger partial charge in [0.2, 0.25) is 11.8 Å². The van der Waals surface area contributed by atoms with Crippen LogP contribution in [0.4, 0.5) is 0 Å². The van der Waals surface area contributed by atoms with Crippen LogP contribution in [0, 0.1) is 5.92 Å². The van der Waals surface area contributed by atoms with Crippen LogP contribution in [0.15, 0.2) is 0 Å². The van der Waals surface area contributed by atoms with Crippen molar-refractivity contribution in [3.8, 4) is 0 Å². The summed E-state index contributed by atoms with van der Waals surface area (Å²) in [6.45, 7) is 9.56. The fourth-order valence-corrected chi connectivity index (χ4v) is 2.31. The Kier molecular flexibility index (Phi) is 21.9. The highest BCUT2D eigenvalue weighted by Crippen LogP contribution is 2.09. The lowest BCUT2D eigenvalue weighted by molar-refractivity contribution is -0.125. The van der Waals surface area contributed by atoms with E-state index in [2.05, 4.69) is 10.6 Å². The summed E-state index contributed by atoms with van der Waals surface area (Å²) in [5, 5.41) is 5.79. The maximum absolute atomic E-state index is 11.4. The first-order chi connectivity index (χ1) is 12.1. The molecule has 0 aliphatic rings. The number of hydrogen-bond donors (Lipinski definition) is 2. The highest BCUT2D eigenvalue weighted by molar-refractivity contribution is 5.77. The Balaban J connectivity index is 0. The van der Waals surface area contributed by atoms with Crippen molar-refractivity contribution in [1.82, 2.24) is 10.6 Å². The van der Waals surface area contributed by atoms with Crippen LogP contribution in [-0.2, 0) is 14.3 Å². The van der Waals surface area contributed by atoms with Crippen molar-refractivity contribution in [2.45, 2.75) is 85.5 Å². The number of amides is 2. The minimum atomic E-state index is -0.0305. The van der Waals surface area contributed by atoms with Crippen LogP contribution in [0.1, 0.15) is 85.5 Å². The number of carbonyl (C=O) groups excluding carboxylic acids is 2. The Morgan fingerprint density at radius 3 is 1.56 bits per heavy atom. The summed E-state index contributed by atoms with van der Waals surface area (Å²) in [6.07, 6.45) is 10.8. The Morgan fingerprint density at radius 2 is 1.16 bits per heavy atom. The number of ether oxygens (including phenoxy) is 1. The number of nitrogens with one attached hydrogen (secondary N) is 2. The maximum atomic E-state index is 11.4. The summed E-state index contributed by atoms with van der Waals surface area (Å²) in [5.41, 5.74) is 0. The number of carbonyl (C=O) groups is 2. The zero-order chi connectivity index (χ0) is 19.3. The molecule has 0 aromatic rings. The molecule has 0 saturated heterocycles. The van der Waals surface area contributed by atoms with Gasteiger partial charge in [-0.2, -0.15) is 0 Å². The average molecular weight is 359 g/mol. The van der Waals surface area contributed by atoms with Gasteiger partial charge in [0, 0.05) is 26.1 Å². The van der Waals surface area contributed by atoms with Crippen molar-refractivity contribution < 1.29 is 14.3 Å². The first-order valence-electron chi connectivity index (χ1n) is 10.1. The second kappa shape index (κ2) is 20.9. The largest absolute Gasteiger partial charge is 0.375 e. The molecule has 0 unspecified atom stereocenters. The van der Waals surface area contributed by atoms with E-state index in [1.54, 1.807) is 0 Å². The Hall–Kier alpha value is -1.10. The van der Waals surface area contributed by atoms with E-state index in [0.717, 1.165) is 25.9 Å². The maximum Gasteiger partial charge on any atom is 0.245 e. The summed E-state index contributed by atoms with van der Waals surface area (Å²) in [6, 6.07) is 0. The molecule has 25 heavy (non-hydrogen) atoms. The molecular weight excluding hydrogens is 316 g/mol. The van der Waals surface area contributed by atoms with Crippen molar-refractivity contribution in [3.63, 3.8) is 0 Å². The third-order valence-electron chi connectivity index (χ3n) is 3.77. The summed E-state index contributed by atoms with van der Waals surface area (Å²) >= 11 is 0. The van der Waals surface area contributed by atoms with Crippen LogP contribution >= 0.6 is 0 Å². The van der Waals surface area contributed by atoms with Crippen molar-refractivity contribution in [1.29, 1.82) is 0 Å². The van der Waals surface area contributed by atoms with Gasteiger partial charge in [-0.15, -0.1) is 0 Å². The van der Waals surface area contributed by atoms with Gasteiger partial charge in [-0.1, -0.05) is 72.6 Å².